The number of aryl methyl sites for hydroxylation is 1. The summed E-state index contributed by atoms with van der Waals surface area (Å²) in [5.74, 6) is 0.752. The lowest BCUT2D eigenvalue weighted by Crippen LogP contribution is -2.28. The van der Waals surface area contributed by atoms with Crippen LogP contribution in [-0.4, -0.2) is 42.7 Å². The SMILES string of the molecule is COc1ccc(/C=N/N=C2\NC(=O)C(CC(=O)Nc3ccc(C)cc3)S2)c(OC)c1. The van der Waals surface area contributed by atoms with E-state index >= 15 is 0 Å². The third-order valence-corrected chi connectivity index (χ3v) is 5.34. The number of carbonyl (C=O) groups excluding carboxylic acids is 2. The molecule has 3 rings (SSSR count). The number of ether oxygens (including phenoxy) is 2. The van der Waals surface area contributed by atoms with Crippen LogP contribution in [0.3, 0.4) is 0 Å². The van der Waals surface area contributed by atoms with E-state index in [2.05, 4.69) is 20.8 Å². The molecule has 1 unspecified atom stereocenters. The van der Waals surface area contributed by atoms with E-state index in [1.165, 1.54) is 18.0 Å². The molecule has 2 N–H and O–H groups in total. The second-order valence-electron chi connectivity index (χ2n) is 6.47. The van der Waals surface area contributed by atoms with Crippen LogP contribution in [0.5, 0.6) is 11.5 Å². The molecule has 0 aliphatic carbocycles. The third kappa shape index (κ3) is 5.60. The van der Waals surface area contributed by atoms with Crippen LogP contribution < -0.4 is 20.1 Å². The van der Waals surface area contributed by atoms with E-state index in [4.69, 9.17) is 9.47 Å². The molecule has 2 amide bonds. The number of nitrogens with one attached hydrogen (secondary N) is 2. The first-order valence-corrected chi connectivity index (χ1v) is 10.0. The summed E-state index contributed by atoms with van der Waals surface area (Å²) in [5, 5.41) is 13.3. The van der Waals surface area contributed by atoms with Gasteiger partial charge in [-0.1, -0.05) is 29.5 Å². The fourth-order valence-corrected chi connectivity index (χ4v) is 3.60. The zero-order chi connectivity index (χ0) is 21.5. The summed E-state index contributed by atoms with van der Waals surface area (Å²) < 4.78 is 10.5. The van der Waals surface area contributed by atoms with E-state index in [0.29, 0.717) is 27.9 Å². The maximum atomic E-state index is 12.2. The molecule has 0 bridgehead atoms. The Hall–Kier alpha value is -3.33. The Morgan fingerprint density at radius 2 is 1.97 bits per heavy atom. The summed E-state index contributed by atoms with van der Waals surface area (Å²) in [4.78, 5) is 24.4. The van der Waals surface area contributed by atoms with Gasteiger partial charge in [-0.25, -0.2) is 0 Å². The second-order valence-corrected chi connectivity index (χ2v) is 7.66. The number of benzene rings is 2. The average molecular weight is 426 g/mol. The Morgan fingerprint density at radius 3 is 2.67 bits per heavy atom. The molecule has 2 aromatic carbocycles. The molecule has 0 spiro atoms. The number of methoxy groups -OCH3 is 2. The Kier molecular flexibility index (Phi) is 7.08. The number of hydrogen-bond donors (Lipinski definition) is 2. The fourth-order valence-electron chi connectivity index (χ4n) is 2.67. The van der Waals surface area contributed by atoms with Crippen molar-refractivity contribution in [1.29, 1.82) is 0 Å². The molecule has 0 radical (unpaired) electrons. The number of amides is 2. The summed E-state index contributed by atoms with van der Waals surface area (Å²) in [6.45, 7) is 1.97. The average Bonchev–Trinajstić information content (AvgIpc) is 3.08. The summed E-state index contributed by atoms with van der Waals surface area (Å²) in [6, 6.07) is 12.8. The van der Waals surface area contributed by atoms with Crippen LogP contribution in [-0.2, 0) is 9.59 Å². The Morgan fingerprint density at radius 1 is 1.20 bits per heavy atom. The van der Waals surface area contributed by atoms with E-state index in [0.717, 1.165) is 5.56 Å². The highest BCUT2D eigenvalue weighted by atomic mass is 32.2. The first kappa shape index (κ1) is 21.4. The van der Waals surface area contributed by atoms with E-state index in [1.54, 1.807) is 32.4 Å². The summed E-state index contributed by atoms with van der Waals surface area (Å²) in [5.41, 5.74) is 2.51. The number of amidine groups is 1. The molecule has 156 valence electrons. The van der Waals surface area contributed by atoms with Gasteiger partial charge < -0.3 is 20.1 Å². The lowest BCUT2D eigenvalue weighted by atomic mass is 10.2. The highest BCUT2D eigenvalue weighted by Crippen LogP contribution is 2.25. The van der Waals surface area contributed by atoms with Crippen molar-refractivity contribution in [2.75, 3.05) is 19.5 Å². The summed E-state index contributed by atoms with van der Waals surface area (Å²) in [7, 11) is 3.13. The van der Waals surface area contributed by atoms with Gasteiger partial charge in [-0.3, -0.25) is 9.59 Å². The highest BCUT2D eigenvalue weighted by Gasteiger charge is 2.32. The molecule has 1 heterocycles. The first-order valence-electron chi connectivity index (χ1n) is 9.15. The molecule has 8 nitrogen and oxygen atoms in total. The van der Waals surface area contributed by atoms with E-state index in [9.17, 15) is 9.59 Å². The molecule has 30 heavy (non-hydrogen) atoms. The Balaban J connectivity index is 1.58. The number of carbonyl (C=O) groups is 2. The molecule has 1 saturated heterocycles. The van der Waals surface area contributed by atoms with Gasteiger partial charge in [-0.15, -0.1) is 5.10 Å². The van der Waals surface area contributed by atoms with Crippen molar-refractivity contribution in [3.05, 3.63) is 53.6 Å². The standard InChI is InChI=1S/C21H22N4O4S/c1-13-4-7-15(8-5-13)23-19(26)11-18-20(27)24-21(30-18)25-22-12-14-6-9-16(28-2)10-17(14)29-3/h4-10,12,18H,11H2,1-3H3,(H,23,26)(H,24,25,27)/b22-12+. The molecular weight excluding hydrogens is 404 g/mol. The van der Waals surface area contributed by atoms with Crippen molar-refractivity contribution in [2.45, 2.75) is 18.6 Å². The van der Waals surface area contributed by atoms with E-state index < -0.39 is 5.25 Å². The van der Waals surface area contributed by atoms with Gasteiger partial charge in [0.15, 0.2) is 5.17 Å². The summed E-state index contributed by atoms with van der Waals surface area (Å²) >= 11 is 1.17. The van der Waals surface area contributed by atoms with Crippen LogP contribution in [0, 0.1) is 6.92 Å². The number of anilines is 1. The molecular formula is C21H22N4O4S. The molecule has 1 aliphatic rings. The number of nitrogens with zero attached hydrogens (tertiary/aromatic N) is 2. The number of hydrogen-bond acceptors (Lipinski definition) is 7. The molecule has 1 fully saturated rings. The third-order valence-electron chi connectivity index (χ3n) is 4.27. The van der Waals surface area contributed by atoms with E-state index in [-0.39, 0.29) is 18.2 Å². The monoisotopic (exact) mass is 426 g/mol. The molecule has 0 saturated carbocycles. The smallest absolute Gasteiger partial charge is 0.240 e. The van der Waals surface area contributed by atoms with Crippen LogP contribution in [0.1, 0.15) is 17.5 Å². The van der Waals surface area contributed by atoms with Crippen molar-refractivity contribution in [3.63, 3.8) is 0 Å². The van der Waals surface area contributed by atoms with E-state index in [1.807, 2.05) is 31.2 Å². The van der Waals surface area contributed by atoms with Crippen molar-refractivity contribution in [2.24, 2.45) is 10.2 Å². The highest BCUT2D eigenvalue weighted by molar-refractivity contribution is 8.15. The Labute approximate surface area is 178 Å². The maximum Gasteiger partial charge on any atom is 0.240 e. The van der Waals surface area contributed by atoms with Gasteiger partial charge >= 0.3 is 0 Å². The predicted molar refractivity (Wildman–Crippen MR) is 119 cm³/mol. The maximum absolute atomic E-state index is 12.2. The summed E-state index contributed by atoms with van der Waals surface area (Å²) in [6.07, 6.45) is 1.56. The minimum absolute atomic E-state index is 0.0411. The van der Waals surface area contributed by atoms with Crippen molar-refractivity contribution >= 4 is 40.6 Å². The normalized spacial score (nSPS) is 17.2. The van der Waals surface area contributed by atoms with Gasteiger partial charge in [-0.2, -0.15) is 5.10 Å². The van der Waals surface area contributed by atoms with Crippen molar-refractivity contribution in [1.82, 2.24) is 5.32 Å². The minimum atomic E-state index is -0.556. The van der Waals surface area contributed by atoms with Gasteiger partial charge in [-0.05, 0) is 31.2 Å². The van der Waals surface area contributed by atoms with Gasteiger partial charge in [0, 0.05) is 23.7 Å². The largest absolute Gasteiger partial charge is 0.497 e. The van der Waals surface area contributed by atoms with Gasteiger partial charge in [0.05, 0.1) is 20.4 Å². The molecule has 1 aliphatic heterocycles. The molecule has 2 aromatic rings. The van der Waals surface area contributed by atoms with Crippen LogP contribution in [0.4, 0.5) is 5.69 Å². The van der Waals surface area contributed by atoms with Crippen LogP contribution >= 0.6 is 11.8 Å². The fraction of sp³-hybridized carbons (Fsp3) is 0.238. The molecule has 1 atom stereocenters. The lowest BCUT2D eigenvalue weighted by Gasteiger charge is -2.07. The van der Waals surface area contributed by atoms with Gasteiger partial charge in [0.1, 0.15) is 16.7 Å². The predicted octanol–water partition coefficient (Wildman–Crippen LogP) is 2.96. The van der Waals surface area contributed by atoms with Crippen molar-refractivity contribution < 1.29 is 19.1 Å². The first-order chi connectivity index (χ1) is 14.5. The minimum Gasteiger partial charge on any atom is -0.497 e. The van der Waals surface area contributed by atoms with Gasteiger partial charge in [0.25, 0.3) is 0 Å². The zero-order valence-corrected chi connectivity index (χ0v) is 17.7. The molecule has 9 heteroatoms. The lowest BCUT2D eigenvalue weighted by molar-refractivity contribution is -0.122. The number of rotatable bonds is 7. The van der Waals surface area contributed by atoms with Crippen LogP contribution in [0.2, 0.25) is 0 Å². The molecule has 0 aromatic heterocycles. The zero-order valence-electron chi connectivity index (χ0n) is 16.8. The van der Waals surface area contributed by atoms with Crippen LogP contribution in [0.15, 0.2) is 52.7 Å². The van der Waals surface area contributed by atoms with Crippen LogP contribution in [0.25, 0.3) is 0 Å². The number of thioether (sulfide) groups is 1. The quantitative estimate of drug-likeness (QED) is 0.524. The topological polar surface area (TPSA) is 101 Å². The second kappa shape index (κ2) is 9.93. The Bertz CT molecular complexity index is 989. The van der Waals surface area contributed by atoms with Gasteiger partial charge in [0.2, 0.25) is 11.8 Å². The van der Waals surface area contributed by atoms with Crippen molar-refractivity contribution in [3.8, 4) is 11.5 Å².